The molecule has 7 nitrogen and oxygen atoms in total. The number of hydrogen-bond donors (Lipinski definition) is 1. The number of hydrogen-bond acceptors (Lipinski definition) is 4. The maximum atomic E-state index is 13.9. The maximum absolute atomic E-state index is 13.9. The highest BCUT2D eigenvalue weighted by Gasteiger charge is 2.22. The highest BCUT2D eigenvalue weighted by atomic mass is 19.1. The van der Waals surface area contributed by atoms with Crippen molar-refractivity contribution in [1.29, 1.82) is 0 Å². The van der Waals surface area contributed by atoms with Gasteiger partial charge in [-0.1, -0.05) is 36.4 Å². The number of para-hydroxylation sites is 1. The molecule has 0 spiro atoms. The van der Waals surface area contributed by atoms with Crippen molar-refractivity contribution in [3.8, 4) is 0 Å². The fourth-order valence-electron chi connectivity index (χ4n) is 3.41. The number of benzene rings is 2. The molecule has 0 atom stereocenters. The molecular formula is C21H23FN6O. The molecule has 8 heteroatoms. The van der Waals surface area contributed by atoms with Crippen LogP contribution in [-0.2, 0) is 13.1 Å². The van der Waals surface area contributed by atoms with Crippen LogP contribution in [0, 0.1) is 5.82 Å². The maximum Gasteiger partial charge on any atom is 0.317 e. The number of rotatable bonds is 5. The van der Waals surface area contributed by atoms with Gasteiger partial charge < -0.3 is 15.1 Å². The normalized spacial score (nSPS) is 14.1. The van der Waals surface area contributed by atoms with E-state index >= 15 is 0 Å². The average molecular weight is 394 g/mol. The Bertz CT molecular complexity index is 936. The monoisotopic (exact) mass is 394 g/mol. The van der Waals surface area contributed by atoms with Crippen LogP contribution >= 0.6 is 0 Å². The van der Waals surface area contributed by atoms with Crippen LogP contribution in [0.3, 0.4) is 0 Å². The largest absolute Gasteiger partial charge is 0.366 e. The van der Waals surface area contributed by atoms with Crippen LogP contribution in [0.4, 0.5) is 14.9 Å². The van der Waals surface area contributed by atoms with Gasteiger partial charge in [0.05, 0.1) is 12.2 Å². The summed E-state index contributed by atoms with van der Waals surface area (Å²) < 4.78 is 15.7. The molecule has 29 heavy (non-hydrogen) atoms. The van der Waals surface area contributed by atoms with Crippen LogP contribution in [0.2, 0.25) is 0 Å². The van der Waals surface area contributed by atoms with E-state index in [1.807, 2.05) is 35.2 Å². The minimum Gasteiger partial charge on any atom is -0.366 e. The van der Waals surface area contributed by atoms with Gasteiger partial charge in [0, 0.05) is 32.7 Å². The van der Waals surface area contributed by atoms with E-state index in [1.165, 1.54) is 12.4 Å². The van der Waals surface area contributed by atoms with Crippen LogP contribution in [-0.4, -0.2) is 51.9 Å². The third-order valence-corrected chi connectivity index (χ3v) is 5.04. The Balaban J connectivity index is 1.24. The standard InChI is InChI=1S/C21H23FN6O/c22-19-3-1-2-4-20(19)26-9-11-27(12-10-26)21(29)24-13-17-5-7-18(8-6-17)14-28-16-23-15-25-28/h1-8,15-16H,9-14H2,(H,24,29). The number of amides is 2. The lowest BCUT2D eigenvalue weighted by Crippen LogP contribution is -2.51. The molecule has 3 aromatic rings. The summed E-state index contributed by atoms with van der Waals surface area (Å²) in [6.07, 6.45) is 3.19. The smallest absolute Gasteiger partial charge is 0.317 e. The van der Waals surface area contributed by atoms with E-state index in [-0.39, 0.29) is 11.8 Å². The molecule has 2 aromatic carbocycles. The number of piperazine rings is 1. The van der Waals surface area contributed by atoms with E-state index in [0.717, 1.165) is 11.1 Å². The van der Waals surface area contributed by atoms with Crippen LogP contribution in [0.25, 0.3) is 0 Å². The minimum absolute atomic E-state index is 0.0927. The zero-order valence-corrected chi connectivity index (χ0v) is 16.0. The van der Waals surface area contributed by atoms with E-state index in [2.05, 4.69) is 15.4 Å². The Morgan fingerprint density at radius 2 is 1.72 bits per heavy atom. The summed E-state index contributed by atoms with van der Waals surface area (Å²) in [5.74, 6) is -0.224. The van der Waals surface area contributed by atoms with E-state index in [1.54, 1.807) is 28.0 Å². The topological polar surface area (TPSA) is 66.3 Å². The molecule has 1 saturated heterocycles. The first-order valence-corrected chi connectivity index (χ1v) is 9.61. The number of anilines is 1. The lowest BCUT2D eigenvalue weighted by Gasteiger charge is -2.36. The molecule has 0 bridgehead atoms. The van der Waals surface area contributed by atoms with E-state index in [4.69, 9.17) is 0 Å². The van der Waals surface area contributed by atoms with Crippen molar-refractivity contribution in [3.63, 3.8) is 0 Å². The molecule has 1 aromatic heterocycles. The fraction of sp³-hybridized carbons (Fsp3) is 0.286. The lowest BCUT2D eigenvalue weighted by molar-refractivity contribution is 0.194. The summed E-state index contributed by atoms with van der Waals surface area (Å²) in [5.41, 5.74) is 2.75. The quantitative estimate of drug-likeness (QED) is 0.722. The van der Waals surface area contributed by atoms with E-state index < -0.39 is 0 Å². The summed E-state index contributed by atoms with van der Waals surface area (Å²) in [6.45, 7) is 3.50. The molecule has 1 aliphatic rings. The molecule has 2 amide bonds. The van der Waals surface area contributed by atoms with Gasteiger partial charge in [0.1, 0.15) is 18.5 Å². The molecule has 1 N–H and O–H groups in total. The summed E-state index contributed by atoms with van der Waals surface area (Å²) in [7, 11) is 0. The van der Waals surface area contributed by atoms with Crippen molar-refractivity contribution >= 4 is 11.7 Å². The van der Waals surface area contributed by atoms with Gasteiger partial charge in [0.15, 0.2) is 0 Å². The Hall–Kier alpha value is -3.42. The van der Waals surface area contributed by atoms with Gasteiger partial charge in [0.2, 0.25) is 0 Å². The number of aromatic nitrogens is 3. The number of carbonyl (C=O) groups excluding carboxylic acids is 1. The summed E-state index contributed by atoms with van der Waals surface area (Å²) in [4.78, 5) is 20.2. The average Bonchev–Trinajstić information content (AvgIpc) is 3.27. The molecule has 150 valence electrons. The molecule has 0 unspecified atom stereocenters. The van der Waals surface area contributed by atoms with Crippen LogP contribution < -0.4 is 10.2 Å². The van der Waals surface area contributed by atoms with Crippen molar-refractivity contribution in [3.05, 3.63) is 78.1 Å². The molecule has 2 heterocycles. The molecule has 0 radical (unpaired) electrons. The molecule has 4 rings (SSSR count). The summed E-state index contributed by atoms with van der Waals surface area (Å²) >= 11 is 0. The minimum atomic E-state index is -0.224. The number of carbonyl (C=O) groups is 1. The van der Waals surface area contributed by atoms with Crippen LogP contribution in [0.15, 0.2) is 61.2 Å². The molecule has 1 fully saturated rings. The lowest BCUT2D eigenvalue weighted by atomic mass is 10.1. The first-order chi connectivity index (χ1) is 14.2. The van der Waals surface area contributed by atoms with Gasteiger partial charge in [-0.25, -0.2) is 18.9 Å². The zero-order valence-electron chi connectivity index (χ0n) is 16.0. The van der Waals surface area contributed by atoms with Crippen molar-refractivity contribution in [2.75, 3.05) is 31.1 Å². The zero-order chi connectivity index (χ0) is 20.1. The Labute approximate surface area is 168 Å². The van der Waals surface area contributed by atoms with E-state index in [9.17, 15) is 9.18 Å². The highest BCUT2D eigenvalue weighted by Crippen LogP contribution is 2.20. The number of nitrogens with zero attached hydrogens (tertiary/aromatic N) is 5. The third kappa shape index (κ3) is 4.71. The summed E-state index contributed by atoms with van der Waals surface area (Å²) in [6, 6.07) is 14.7. The predicted octanol–water partition coefficient (Wildman–Crippen LogP) is 2.50. The number of urea groups is 1. The van der Waals surface area contributed by atoms with Gasteiger partial charge in [0.25, 0.3) is 0 Å². The fourth-order valence-corrected chi connectivity index (χ4v) is 3.41. The Kier molecular flexibility index (Phi) is 5.69. The van der Waals surface area contributed by atoms with Crippen molar-refractivity contribution < 1.29 is 9.18 Å². The van der Waals surface area contributed by atoms with Crippen molar-refractivity contribution in [2.45, 2.75) is 13.1 Å². The van der Waals surface area contributed by atoms with Crippen LogP contribution in [0.1, 0.15) is 11.1 Å². The number of nitrogens with one attached hydrogen (secondary N) is 1. The van der Waals surface area contributed by atoms with Gasteiger partial charge in [-0.2, -0.15) is 5.10 Å². The van der Waals surface area contributed by atoms with Crippen molar-refractivity contribution in [2.24, 2.45) is 0 Å². The first kappa shape index (κ1) is 18.9. The first-order valence-electron chi connectivity index (χ1n) is 9.61. The SMILES string of the molecule is O=C(NCc1ccc(Cn2cncn2)cc1)N1CCN(c2ccccc2F)CC1. The Morgan fingerprint density at radius 3 is 2.41 bits per heavy atom. The predicted molar refractivity (Wildman–Crippen MR) is 108 cm³/mol. The van der Waals surface area contributed by atoms with Gasteiger partial charge in [-0.15, -0.1) is 0 Å². The second kappa shape index (κ2) is 8.72. The molecule has 0 aliphatic carbocycles. The molecule has 1 aliphatic heterocycles. The van der Waals surface area contributed by atoms with Gasteiger partial charge in [-0.3, -0.25) is 0 Å². The van der Waals surface area contributed by atoms with E-state index in [0.29, 0.717) is 45.0 Å². The second-order valence-electron chi connectivity index (χ2n) is 6.99. The highest BCUT2D eigenvalue weighted by molar-refractivity contribution is 5.74. The van der Waals surface area contributed by atoms with Gasteiger partial charge >= 0.3 is 6.03 Å². The third-order valence-electron chi connectivity index (χ3n) is 5.04. The van der Waals surface area contributed by atoms with Gasteiger partial charge in [-0.05, 0) is 23.3 Å². The van der Waals surface area contributed by atoms with Crippen LogP contribution in [0.5, 0.6) is 0 Å². The number of halogens is 1. The van der Waals surface area contributed by atoms with Crippen molar-refractivity contribution in [1.82, 2.24) is 25.0 Å². The second-order valence-corrected chi connectivity index (χ2v) is 6.99. The molecular weight excluding hydrogens is 371 g/mol. The molecule has 0 saturated carbocycles. The summed E-state index contributed by atoms with van der Waals surface area (Å²) in [5, 5.41) is 7.06. The Morgan fingerprint density at radius 1 is 1.00 bits per heavy atom.